The monoisotopic (exact) mass is 494 g/mol. The lowest BCUT2D eigenvalue weighted by molar-refractivity contribution is 0.0951. The lowest BCUT2D eigenvalue weighted by Crippen LogP contribution is -2.35. The Hall–Kier alpha value is -2.92. The summed E-state index contributed by atoms with van der Waals surface area (Å²) in [7, 11) is 1.74. The van der Waals surface area contributed by atoms with Gasteiger partial charge in [-0.05, 0) is 43.7 Å². The van der Waals surface area contributed by atoms with Gasteiger partial charge in [0.15, 0.2) is 5.16 Å². The smallest absolute Gasteiger partial charge is 0.262 e. The van der Waals surface area contributed by atoms with E-state index < -0.39 is 0 Å². The van der Waals surface area contributed by atoms with Crippen molar-refractivity contribution in [2.75, 3.05) is 24.6 Å². The van der Waals surface area contributed by atoms with Crippen LogP contribution in [0.5, 0.6) is 0 Å². The summed E-state index contributed by atoms with van der Waals surface area (Å²) in [6, 6.07) is 7.60. The molecule has 1 atom stereocenters. The van der Waals surface area contributed by atoms with Crippen molar-refractivity contribution in [2.45, 2.75) is 56.2 Å². The highest BCUT2D eigenvalue weighted by Gasteiger charge is 2.26. The molecule has 2 saturated heterocycles. The minimum atomic E-state index is -0.0727. The third-order valence-electron chi connectivity index (χ3n) is 7.20. The molecule has 0 spiro atoms. The molecule has 2 fully saturated rings. The van der Waals surface area contributed by atoms with E-state index in [-0.39, 0.29) is 11.7 Å². The number of anilines is 1. The number of rotatable bonds is 6. The number of ether oxygens (including phenoxy) is 1. The van der Waals surface area contributed by atoms with E-state index in [9.17, 15) is 4.79 Å². The SMILES string of the molecule is CC1CCN(c2nnc(SCc3nnc4n(C)c(=O)c5ccccc5n34)n2CC2CCCO2)CC1. The van der Waals surface area contributed by atoms with Crippen molar-refractivity contribution in [3.63, 3.8) is 0 Å². The van der Waals surface area contributed by atoms with E-state index in [2.05, 4.69) is 36.8 Å². The average molecular weight is 495 g/mol. The van der Waals surface area contributed by atoms with Crippen LogP contribution in [-0.4, -0.2) is 59.7 Å². The van der Waals surface area contributed by atoms with Gasteiger partial charge in [-0.1, -0.05) is 30.8 Å². The average Bonchev–Trinajstić information content (AvgIpc) is 3.63. The number of hydrogen-bond acceptors (Lipinski definition) is 8. The number of aromatic nitrogens is 7. The van der Waals surface area contributed by atoms with Crippen LogP contribution in [0.1, 0.15) is 38.4 Å². The first-order chi connectivity index (χ1) is 17.1. The van der Waals surface area contributed by atoms with Crippen LogP contribution in [0.2, 0.25) is 0 Å². The van der Waals surface area contributed by atoms with Gasteiger partial charge in [0, 0.05) is 26.7 Å². The van der Waals surface area contributed by atoms with Gasteiger partial charge in [-0.25, -0.2) is 0 Å². The Balaban J connectivity index is 1.33. The van der Waals surface area contributed by atoms with Crippen molar-refractivity contribution in [1.29, 1.82) is 0 Å². The van der Waals surface area contributed by atoms with E-state index in [4.69, 9.17) is 4.74 Å². The van der Waals surface area contributed by atoms with E-state index in [1.807, 2.05) is 28.7 Å². The summed E-state index contributed by atoms with van der Waals surface area (Å²) in [5, 5.41) is 19.5. The van der Waals surface area contributed by atoms with E-state index in [0.29, 0.717) is 16.9 Å². The summed E-state index contributed by atoms with van der Waals surface area (Å²) in [5.41, 5.74) is 0.742. The highest BCUT2D eigenvalue weighted by molar-refractivity contribution is 7.98. The molecule has 35 heavy (non-hydrogen) atoms. The fraction of sp³-hybridized carbons (Fsp3) is 0.542. The maximum atomic E-state index is 12.8. The molecule has 10 nitrogen and oxygen atoms in total. The minimum absolute atomic E-state index is 0.0727. The second-order valence-electron chi connectivity index (χ2n) is 9.62. The first-order valence-corrected chi connectivity index (χ1v) is 13.3. The van der Waals surface area contributed by atoms with Gasteiger partial charge in [0.2, 0.25) is 11.7 Å². The molecule has 0 radical (unpaired) electrons. The van der Waals surface area contributed by atoms with Crippen LogP contribution in [0.4, 0.5) is 5.95 Å². The molecular weight excluding hydrogens is 464 g/mol. The molecule has 0 N–H and O–H groups in total. The third kappa shape index (κ3) is 4.10. The Labute approximate surface area is 207 Å². The quantitative estimate of drug-likeness (QED) is 0.378. The van der Waals surface area contributed by atoms with Crippen LogP contribution < -0.4 is 10.5 Å². The maximum Gasteiger partial charge on any atom is 0.262 e. The molecule has 6 rings (SSSR count). The molecular formula is C24H30N8O2S. The van der Waals surface area contributed by atoms with Gasteiger partial charge in [-0.2, -0.15) is 0 Å². The van der Waals surface area contributed by atoms with Crippen LogP contribution in [0.25, 0.3) is 16.7 Å². The number of benzene rings is 1. The zero-order valence-corrected chi connectivity index (χ0v) is 20.9. The number of nitrogens with zero attached hydrogens (tertiary/aromatic N) is 8. The standard InChI is InChI=1S/C24H30N8O2S/c1-16-9-11-30(12-10-16)23-27-28-24(31(23)14-17-6-5-13-34-17)35-15-20-25-26-22-29(2)21(33)18-7-3-4-8-19(18)32(20)22/h3-4,7-8,16-17H,5-6,9-15H2,1-2H3. The summed E-state index contributed by atoms with van der Waals surface area (Å²) in [4.78, 5) is 15.1. The zero-order chi connectivity index (χ0) is 23.9. The van der Waals surface area contributed by atoms with Gasteiger partial charge in [0.1, 0.15) is 5.82 Å². The summed E-state index contributed by atoms with van der Waals surface area (Å²) < 4.78 is 11.7. The molecule has 4 aromatic rings. The minimum Gasteiger partial charge on any atom is -0.376 e. The Morgan fingerprint density at radius 2 is 1.91 bits per heavy atom. The van der Waals surface area contributed by atoms with Gasteiger partial charge in [-0.3, -0.25) is 18.3 Å². The molecule has 2 aliphatic heterocycles. The maximum absolute atomic E-state index is 12.8. The molecule has 0 saturated carbocycles. The fourth-order valence-corrected chi connectivity index (χ4v) is 5.95. The predicted octanol–water partition coefficient (Wildman–Crippen LogP) is 2.88. The Bertz CT molecular complexity index is 1410. The lowest BCUT2D eigenvalue weighted by atomic mass is 10.00. The summed E-state index contributed by atoms with van der Waals surface area (Å²) in [5.74, 6) is 3.56. The molecule has 5 heterocycles. The Morgan fingerprint density at radius 3 is 2.71 bits per heavy atom. The predicted molar refractivity (Wildman–Crippen MR) is 135 cm³/mol. The van der Waals surface area contributed by atoms with Crippen LogP contribution in [0.3, 0.4) is 0 Å². The van der Waals surface area contributed by atoms with Crippen LogP contribution >= 0.6 is 11.8 Å². The number of aryl methyl sites for hydroxylation is 1. The van der Waals surface area contributed by atoms with Crippen molar-refractivity contribution in [3.8, 4) is 0 Å². The van der Waals surface area contributed by atoms with Gasteiger partial charge >= 0.3 is 0 Å². The second-order valence-corrected chi connectivity index (χ2v) is 10.6. The van der Waals surface area contributed by atoms with Gasteiger partial charge in [0.25, 0.3) is 5.56 Å². The lowest BCUT2D eigenvalue weighted by Gasteiger charge is -2.31. The highest BCUT2D eigenvalue weighted by Crippen LogP contribution is 2.29. The van der Waals surface area contributed by atoms with E-state index in [1.165, 1.54) is 12.8 Å². The number of para-hydroxylation sites is 1. The molecule has 0 amide bonds. The van der Waals surface area contributed by atoms with Crippen molar-refractivity contribution in [3.05, 3.63) is 40.4 Å². The van der Waals surface area contributed by atoms with Crippen LogP contribution in [0, 0.1) is 5.92 Å². The van der Waals surface area contributed by atoms with Gasteiger partial charge in [-0.15, -0.1) is 20.4 Å². The zero-order valence-electron chi connectivity index (χ0n) is 20.1. The van der Waals surface area contributed by atoms with Crippen molar-refractivity contribution < 1.29 is 4.74 Å². The first kappa shape index (κ1) is 22.5. The van der Waals surface area contributed by atoms with Crippen LogP contribution in [-0.2, 0) is 24.1 Å². The first-order valence-electron chi connectivity index (χ1n) is 12.3. The number of hydrogen-bond donors (Lipinski definition) is 0. The summed E-state index contributed by atoms with van der Waals surface area (Å²) in [6.45, 7) is 5.91. The normalized spacial score (nSPS) is 19.4. The fourth-order valence-electron chi connectivity index (χ4n) is 5.10. The second kappa shape index (κ2) is 9.27. The van der Waals surface area contributed by atoms with E-state index in [1.54, 1.807) is 23.4 Å². The molecule has 1 unspecified atom stereocenters. The van der Waals surface area contributed by atoms with Crippen molar-refractivity contribution in [2.24, 2.45) is 13.0 Å². The van der Waals surface area contributed by atoms with Crippen molar-refractivity contribution in [1.82, 2.24) is 33.9 Å². The molecule has 0 bridgehead atoms. The highest BCUT2D eigenvalue weighted by atomic mass is 32.2. The van der Waals surface area contributed by atoms with E-state index in [0.717, 1.165) is 67.4 Å². The third-order valence-corrected chi connectivity index (χ3v) is 8.16. The molecule has 2 aliphatic rings. The van der Waals surface area contributed by atoms with Gasteiger partial charge < -0.3 is 9.64 Å². The summed E-state index contributed by atoms with van der Waals surface area (Å²) in [6.07, 6.45) is 4.71. The molecule has 184 valence electrons. The number of piperidine rings is 1. The van der Waals surface area contributed by atoms with Gasteiger partial charge in [0.05, 0.1) is 29.3 Å². The number of fused-ring (bicyclic) bond motifs is 3. The summed E-state index contributed by atoms with van der Waals surface area (Å²) >= 11 is 1.60. The van der Waals surface area contributed by atoms with Crippen molar-refractivity contribution >= 4 is 34.4 Å². The topological polar surface area (TPSA) is 95.4 Å². The molecule has 3 aromatic heterocycles. The molecule has 0 aliphatic carbocycles. The van der Waals surface area contributed by atoms with Crippen LogP contribution in [0.15, 0.2) is 34.2 Å². The Kier molecular flexibility index (Phi) is 5.97. The Morgan fingerprint density at radius 1 is 1.09 bits per heavy atom. The number of thioether (sulfide) groups is 1. The molecule has 1 aromatic carbocycles. The molecule has 11 heteroatoms. The van der Waals surface area contributed by atoms with E-state index >= 15 is 0 Å². The largest absolute Gasteiger partial charge is 0.376 e.